The lowest BCUT2D eigenvalue weighted by Crippen LogP contribution is -2.19. The summed E-state index contributed by atoms with van der Waals surface area (Å²) in [6.07, 6.45) is 2.40. The first kappa shape index (κ1) is 11.4. The molecule has 0 aromatic heterocycles. The molecule has 1 saturated heterocycles. The predicted octanol–water partition coefficient (Wildman–Crippen LogP) is 1.62. The maximum atomic E-state index is 5.84. The summed E-state index contributed by atoms with van der Waals surface area (Å²) in [4.78, 5) is 0. The molecule has 88 valence electrons. The molecular weight excluding hydrogens is 202 g/mol. The summed E-state index contributed by atoms with van der Waals surface area (Å²) < 4.78 is 10.9. The molecule has 2 rings (SSSR count). The molecule has 0 saturated carbocycles. The van der Waals surface area contributed by atoms with Gasteiger partial charge in [0.15, 0.2) is 0 Å². The minimum absolute atomic E-state index is 0.338. The van der Waals surface area contributed by atoms with Crippen LogP contribution in [-0.2, 0) is 11.2 Å². The number of hydrogen-bond acceptors (Lipinski definition) is 3. The Morgan fingerprint density at radius 2 is 2.12 bits per heavy atom. The fourth-order valence-electron chi connectivity index (χ4n) is 1.88. The lowest BCUT2D eigenvalue weighted by atomic mass is 10.1. The monoisotopic (exact) mass is 221 g/mol. The second-order valence-electron chi connectivity index (χ2n) is 4.12. The molecule has 1 aromatic carbocycles. The first-order chi connectivity index (χ1) is 7.88. The van der Waals surface area contributed by atoms with Crippen LogP contribution >= 0.6 is 0 Å². The van der Waals surface area contributed by atoms with Gasteiger partial charge in [-0.1, -0.05) is 12.1 Å². The molecule has 0 unspecified atom stereocenters. The van der Waals surface area contributed by atoms with Crippen molar-refractivity contribution >= 4 is 0 Å². The smallest absolute Gasteiger partial charge is 0.119 e. The average Bonchev–Trinajstić information content (AvgIpc) is 2.81. The maximum absolute atomic E-state index is 5.84. The molecule has 1 fully saturated rings. The molecule has 0 aliphatic carbocycles. The molecule has 3 nitrogen and oxygen atoms in total. The molecule has 1 aromatic rings. The van der Waals surface area contributed by atoms with Crippen LogP contribution in [0.3, 0.4) is 0 Å². The number of methoxy groups -OCH3 is 1. The van der Waals surface area contributed by atoms with Crippen molar-refractivity contribution < 1.29 is 9.47 Å². The highest BCUT2D eigenvalue weighted by Crippen LogP contribution is 2.16. The molecule has 0 radical (unpaired) electrons. The normalized spacial score (nSPS) is 19.9. The summed E-state index contributed by atoms with van der Waals surface area (Å²) >= 11 is 0. The molecule has 0 spiro atoms. The highest BCUT2D eigenvalue weighted by molar-refractivity contribution is 5.27. The highest BCUT2D eigenvalue weighted by Gasteiger charge is 2.15. The Hall–Kier alpha value is -1.06. The maximum Gasteiger partial charge on any atom is 0.119 e. The average molecular weight is 221 g/mol. The van der Waals surface area contributed by atoms with Gasteiger partial charge in [-0.2, -0.15) is 0 Å². The standard InChI is InChI=1S/C13H19NO2/c1-15-9-7-11-2-4-12(5-3-11)16-13-6-8-14-10-13/h2-5,13-14H,6-10H2,1H3/t13-/m1/s1. The van der Waals surface area contributed by atoms with E-state index in [0.717, 1.165) is 38.3 Å². The third kappa shape index (κ3) is 3.22. The van der Waals surface area contributed by atoms with E-state index in [9.17, 15) is 0 Å². The van der Waals surface area contributed by atoms with Crippen molar-refractivity contribution in [1.29, 1.82) is 0 Å². The van der Waals surface area contributed by atoms with E-state index in [1.165, 1.54) is 5.56 Å². The molecule has 1 aliphatic heterocycles. The molecule has 1 atom stereocenters. The van der Waals surface area contributed by atoms with Gasteiger partial charge in [-0.05, 0) is 37.1 Å². The Bertz CT molecular complexity index is 304. The Kier molecular flexibility index (Phi) is 4.19. The quantitative estimate of drug-likeness (QED) is 0.819. The molecular formula is C13H19NO2. The van der Waals surface area contributed by atoms with Gasteiger partial charge in [0.1, 0.15) is 11.9 Å². The molecule has 0 amide bonds. The lowest BCUT2D eigenvalue weighted by molar-refractivity contribution is 0.202. The Balaban J connectivity index is 1.86. The van der Waals surface area contributed by atoms with E-state index in [1.54, 1.807) is 7.11 Å². The van der Waals surface area contributed by atoms with Crippen molar-refractivity contribution in [3.8, 4) is 5.75 Å². The second kappa shape index (κ2) is 5.87. The lowest BCUT2D eigenvalue weighted by Gasteiger charge is -2.12. The van der Waals surface area contributed by atoms with Crippen LogP contribution in [0.1, 0.15) is 12.0 Å². The van der Waals surface area contributed by atoms with Crippen molar-refractivity contribution in [2.75, 3.05) is 26.8 Å². The van der Waals surface area contributed by atoms with E-state index < -0.39 is 0 Å². The summed E-state index contributed by atoms with van der Waals surface area (Å²) in [5, 5.41) is 3.29. The van der Waals surface area contributed by atoms with Crippen molar-refractivity contribution in [2.45, 2.75) is 18.9 Å². The van der Waals surface area contributed by atoms with Gasteiger partial charge in [0.2, 0.25) is 0 Å². The number of nitrogens with one attached hydrogen (secondary N) is 1. The van der Waals surface area contributed by atoms with Gasteiger partial charge < -0.3 is 14.8 Å². The number of hydrogen-bond donors (Lipinski definition) is 1. The summed E-state index contributed by atoms with van der Waals surface area (Å²) in [5.74, 6) is 0.967. The molecule has 1 heterocycles. The van der Waals surface area contributed by atoms with E-state index in [4.69, 9.17) is 9.47 Å². The summed E-state index contributed by atoms with van der Waals surface area (Å²) in [6, 6.07) is 8.31. The van der Waals surface area contributed by atoms with Gasteiger partial charge in [0.25, 0.3) is 0 Å². The first-order valence-corrected chi connectivity index (χ1v) is 5.84. The SMILES string of the molecule is COCCc1ccc(O[C@@H]2CCNC2)cc1. The van der Waals surface area contributed by atoms with Crippen LogP contribution in [0.5, 0.6) is 5.75 Å². The van der Waals surface area contributed by atoms with Gasteiger partial charge in [-0.3, -0.25) is 0 Å². The fraction of sp³-hybridized carbons (Fsp3) is 0.538. The van der Waals surface area contributed by atoms with E-state index in [1.807, 2.05) is 12.1 Å². The van der Waals surface area contributed by atoms with Crippen molar-refractivity contribution in [3.05, 3.63) is 29.8 Å². The third-order valence-corrected chi connectivity index (χ3v) is 2.84. The van der Waals surface area contributed by atoms with Crippen LogP contribution < -0.4 is 10.1 Å². The van der Waals surface area contributed by atoms with Crippen molar-refractivity contribution in [3.63, 3.8) is 0 Å². The minimum atomic E-state index is 0.338. The zero-order valence-corrected chi connectivity index (χ0v) is 9.74. The fourth-order valence-corrected chi connectivity index (χ4v) is 1.88. The van der Waals surface area contributed by atoms with Crippen LogP contribution in [0.25, 0.3) is 0 Å². The number of benzene rings is 1. The topological polar surface area (TPSA) is 30.5 Å². The van der Waals surface area contributed by atoms with Crippen LogP contribution in [0.15, 0.2) is 24.3 Å². The number of rotatable bonds is 5. The van der Waals surface area contributed by atoms with Gasteiger partial charge in [0.05, 0.1) is 6.61 Å². The predicted molar refractivity (Wildman–Crippen MR) is 63.9 cm³/mol. The van der Waals surface area contributed by atoms with Crippen LogP contribution in [-0.4, -0.2) is 32.9 Å². The Labute approximate surface area is 96.8 Å². The Morgan fingerprint density at radius 1 is 1.31 bits per heavy atom. The third-order valence-electron chi connectivity index (χ3n) is 2.84. The first-order valence-electron chi connectivity index (χ1n) is 5.84. The molecule has 1 N–H and O–H groups in total. The van der Waals surface area contributed by atoms with Gasteiger partial charge in [0, 0.05) is 13.7 Å². The minimum Gasteiger partial charge on any atom is -0.489 e. The van der Waals surface area contributed by atoms with Crippen molar-refractivity contribution in [1.82, 2.24) is 5.32 Å². The van der Waals surface area contributed by atoms with E-state index in [-0.39, 0.29) is 0 Å². The van der Waals surface area contributed by atoms with E-state index >= 15 is 0 Å². The van der Waals surface area contributed by atoms with Crippen LogP contribution in [0.2, 0.25) is 0 Å². The summed E-state index contributed by atoms with van der Waals surface area (Å²) in [6.45, 7) is 2.80. The van der Waals surface area contributed by atoms with E-state index in [0.29, 0.717) is 6.10 Å². The molecule has 16 heavy (non-hydrogen) atoms. The van der Waals surface area contributed by atoms with E-state index in [2.05, 4.69) is 17.4 Å². The second-order valence-corrected chi connectivity index (χ2v) is 4.12. The summed E-state index contributed by atoms with van der Waals surface area (Å²) in [5.41, 5.74) is 1.29. The molecule has 1 aliphatic rings. The number of ether oxygens (including phenoxy) is 2. The zero-order valence-electron chi connectivity index (χ0n) is 9.74. The van der Waals surface area contributed by atoms with Gasteiger partial charge in [-0.15, -0.1) is 0 Å². The van der Waals surface area contributed by atoms with Crippen LogP contribution in [0, 0.1) is 0 Å². The molecule has 0 bridgehead atoms. The van der Waals surface area contributed by atoms with Crippen LogP contribution in [0.4, 0.5) is 0 Å². The molecule has 3 heteroatoms. The van der Waals surface area contributed by atoms with Crippen molar-refractivity contribution in [2.24, 2.45) is 0 Å². The zero-order chi connectivity index (χ0) is 11.2. The Morgan fingerprint density at radius 3 is 2.75 bits per heavy atom. The summed E-state index contributed by atoms with van der Waals surface area (Å²) in [7, 11) is 1.73. The highest BCUT2D eigenvalue weighted by atomic mass is 16.5. The van der Waals surface area contributed by atoms with Gasteiger partial charge in [-0.25, -0.2) is 0 Å². The van der Waals surface area contributed by atoms with Gasteiger partial charge >= 0.3 is 0 Å². The largest absolute Gasteiger partial charge is 0.489 e.